The topological polar surface area (TPSA) is 65.2 Å². The number of benzene rings is 2. The predicted octanol–water partition coefficient (Wildman–Crippen LogP) is 5.77. The maximum absolute atomic E-state index is 13.2. The molecule has 0 amide bonds. The average Bonchev–Trinajstić information content (AvgIpc) is 3.22. The van der Waals surface area contributed by atoms with Gasteiger partial charge in [-0.1, -0.05) is 53.7 Å². The van der Waals surface area contributed by atoms with Crippen LogP contribution in [0, 0.1) is 6.92 Å². The number of hydrogen-bond acceptors (Lipinski definition) is 5. The molecule has 0 spiro atoms. The number of esters is 1. The van der Waals surface area contributed by atoms with Crippen molar-refractivity contribution in [2.75, 3.05) is 0 Å². The van der Waals surface area contributed by atoms with E-state index in [1.54, 1.807) is 6.07 Å². The number of pyridine rings is 1. The van der Waals surface area contributed by atoms with Crippen LogP contribution in [0.25, 0.3) is 22.6 Å². The van der Waals surface area contributed by atoms with Crippen molar-refractivity contribution in [2.45, 2.75) is 32.8 Å². The van der Waals surface area contributed by atoms with Crippen LogP contribution in [0.4, 0.5) is 0 Å². The molecule has 0 saturated heterocycles. The van der Waals surface area contributed by atoms with E-state index in [0.29, 0.717) is 17.0 Å². The minimum Gasteiger partial charge on any atom is -0.455 e. The summed E-state index contributed by atoms with van der Waals surface area (Å²) in [5.74, 6) is 0.338. The number of carbonyl (C=O) groups is 1. The van der Waals surface area contributed by atoms with E-state index < -0.39 is 0 Å². The van der Waals surface area contributed by atoms with Crippen molar-refractivity contribution in [3.63, 3.8) is 0 Å². The Morgan fingerprint density at radius 1 is 1.10 bits per heavy atom. The summed E-state index contributed by atoms with van der Waals surface area (Å²) in [7, 11) is 0. The van der Waals surface area contributed by atoms with Gasteiger partial charge in [0.05, 0.1) is 16.8 Å². The molecule has 154 valence electrons. The van der Waals surface area contributed by atoms with Gasteiger partial charge in [0.2, 0.25) is 0 Å². The number of aryl methyl sites for hydroxylation is 1. The van der Waals surface area contributed by atoms with Crippen molar-refractivity contribution in [3.8, 4) is 0 Å². The zero-order valence-corrected chi connectivity index (χ0v) is 17.3. The molecule has 1 aliphatic carbocycles. The van der Waals surface area contributed by atoms with E-state index in [9.17, 15) is 4.79 Å². The molecule has 2 aromatic carbocycles. The Morgan fingerprint density at radius 2 is 1.90 bits per heavy atom. The largest absolute Gasteiger partial charge is 0.455 e. The minimum atomic E-state index is -0.350. The number of fused-ring (bicyclic) bond motifs is 2. The fraction of sp³-hybridized carbons (Fsp3) is 0.192. The smallest absolute Gasteiger partial charge is 0.339 e. The summed E-state index contributed by atoms with van der Waals surface area (Å²) in [5, 5.41) is 4.74. The van der Waals surface area contributed by atoms with Crippen LogP contribution >= 0.6 is 0 Å². The first kappa shape index (κ1) is 19.2. The van der Waals surface area contributed by atoms with Gasteiger partial charge in [-0.3, -0.25) is 0 Å². The van der Waals surface area contributed by atoms with Crippen molar-refractivity contribution in [3.05, 3.63) is 94.5 Å². The number of nitrogens with zero attached hydrogens (tertiary/aromatic N) is 2. The highest BCUT2D eigenvalue weighted by molar-refractivity contribution is 6.06. The molecule has 31 heavy (non-hydrogen) atoms. The van der Waals surface area contributed by atoms with Gasteiger partial charge in [0.15, 0.2) is 0 Å². The fourth-order valence-corrected chi connectivity index (χ4v) is 4.16. The van der Waals surface area contributed by atoms with Crippen LogP contribution in [-0.4, -0.2) is 16.1 Å². The highest BCUT2D eigenvalue weighted by Gasteiger charge is 2.26. The SMILES string of the molecule is Cc1cc(COC(=O)c2c3c(nc4ccccc24)/C(=C/c2ccccc2)CCC3)no1. The molecule has 0 saturated carbocycles. The molecule has 0 bridgehead atoms. The van der Waals surface area contributed by atoms with Crippen molar-refractivity contribution in [1.82, 2.24) is 10.1 Å². The number of aromatic nitrogens is 2. The van der Waals surface area contributed by atoms with Gasteiger partial charge in [0, 0.05) is 11.5 Å². The zero-order chi connectivity index (χ0) is 21.2. The van der Waals surface area contributed by atoms with Crippen LogP contribution in [0.2, 0.25) is 0 Å². The highest BCUT2D eigenvalue weighted by atomic mass is 16.5. The lowest BCUT2D eigenvalue weighted by Gasteiger charge is -2.22. The summed E-state index contributed by atoms with van der Waals surface area (Å²) in [6.45, 7) is 1.89. The van der Waals surface area contributed by atoms with Crippen LogP contribution in [0.3, 0.4) is 0 Å². The first-order valence-corrected chi connectivity index (χ1v) is 10.5. The van der Waals surface area contributed by atoms with Crippen molar-refractivity contribution < 1.29 is 14.1 Å². The standard InChI is InChI=1S/C26H22N2O3/c1-17-14-20(28-31-17)16-30-26(29)24-21-11-5-6-13-23(21)27-25-19(10-7-12-22(24)25)15-18-8-3-2-4-9-18/h2-6,8-9,11,13-15H,7,10,12,16H2,1H3/b19-15+. The molecular weight excluding hydrogens is 388 g/mol. The molecule has 4 aromatic rings. The first-order chi connectivity index (χ1) is 15.2. The van der Waals surface area contributed by atoms with E-state index in [1.807, 2.05) is 49.4 Å². The molecule has 2 heterocycles. The summed E-state index contributed by atoms with van der Waals surface area (Å²) in [6, 6.07) is 19.7. The molecule has 0 radical (unpaired) electrons. The summed E-state index contributed by atoms with van der Waals surface area (Å²) < 4.78 is 10.7. The number of para-hydroxylation sites is 1. The Hall–Kier alpha value is -3.73. The summed E-state index contributed by atoms with van der Waals surface area (Å²) in [5.41, 5.74) is 6.16. The van der Waals surface area contributed by atoms with Gasteiger partial charge in [0.1, 0.15) is 18.1 Å². The van der Waals surface area contributed by atoms with Crippen LogP contribution in [-0.2, 0) is 17.8 Å². The van der Waals surface area contributed by atoms with Gasteiger partial charge in [-0.05, 0) is 55.0 Å². The first-order valence-electron chi connectivity index (χ1n) is 10.5. The third-order valence-corrected chi connectivity index (χ3v) is 5.54. The van der Waals surface area contributed by atoms with Crippen LogP contribution in [0.15, 0.2) is 65.2 Å². The van der Waals surface area contributed by atoms with Crippen molar-refractivity contribution >= 4 is 28.5 Å². The lowest BCUT2D eigenvalue weighted by Crippen LogP contribution is -2.15. The van der Waals surface area contributed by atoms with E-state index >= 15 is 0 Å². The Bertz CT molecular complexity index is 1290. The van der Waals surface area contributed by atoms with Crippen LogP contribution in [0.1, 0.15) is 51.5 Å². The molecule has 0 aliphatic heterocycles. The molecule has 2 aromatic heterocycles. The van der Waals surface area contributed by atoms with E-state index in [4.69, 9.17) is 14.2 Å². The molecule has 0 fully saturated rings. The van der Waals surface area contributed by atoms with Crippen molar-refractivity contribution in [2.24, 2.45) is 0 Å². The fourth-order valence-electron chi connectivity index (χ4n) is 4.16. The summed E-state index contributed by atoms with van der Waals surface area (Å²) in [4.78, 5) is 18.2. The highest BCUT2D eigenvalue weighted by Crippen LogP contribution is 2.36. The quantitative estimate of drug-likeness (QED) is 0.400. The number of carbonyl (C=O) groups excluding carboxylic acids is 1. The lowest BCUT2D eigenvalue weighted by atomic mass is 9.86. The van der Waals surface area contributed by atoms with Gasteiger partial charge in [0.25, 0.3) is 0 Å². The number of hydrogen-bond donors (Lipinski definition) is 0. The Morgan fingerprint density at radius 3 is 2.71 bits per heavy atom. The van der Waals surface area contributed by atoms with Gasteiger partial charge in [-0.25, -0.2) is 9.78 Å². The van der Waals surface area contributed by atoms with E-state index in [0.717, 1.165) is 52.6 Å². The van der Waals surface area contributed by atoms with Crippen LogP contribution in [0.5, 0.6) is 0 Å². The second kappa shape index (κ2) is 8.19. The number of rotatable bonds is 4. The van der Waals surface area contributed by atoms with E-state index in [-0.39, 0.29) is 12.6 Å². The normalized spacial score (nSPS) is 14.5. The molecule has 5 rings (SSSR count). The van der Waals surface area contributed by atoms with Gasteiger partial charge >= 0.3 is 5.97 Å². The Labute approximate surface area is 180 Å². The van der Waals surface area contributed by atoms with E-state index in [2.05, 4.69) is 23.4 Å². The minimum absolute atomic E-state index is 0.0777. The molecule has 1 aliphatic rings. The van der Waals surface area contributed by atoms with E-state index in [1.165, 1.54) is 0 Å². The third kappa shape index (κ3) is 3.87. The number of ether oxygens (including phenoxy) is 1. The second-order valence-electron chi connectivity index (χ2n) is 7.77. The lowest BCUT2D eigenvalue weighted by molar-refractivity contribution is 0.0465. The molecule has 0 atom stereocenters. The third-order valence-electron chi connectivity index (χ3n) is 5.54. The van der Waals surface area contributed by atoms with Crippen molar-refractivity contribution in [1.29, 1.82) is 0 Å². The maximum atomic E-state index is 13.2. The number of allylic oxidation sites excluding steroid dienone is 1. The molecule has 5 heteroatoms. The maximum Gasteiger partial charge on any atom is 0.339 e. The van der Waals surface area contributed by atoms with Gasteiger partial charge in [-0.2, -0.15) is 0 Å². The van der Waals surface area contributed by atoms with Gasteiger partial charge < -0.3 is 9.26 Å². The molecule has 0 unspecified atom stereocenters. The summed E-state index contributed by atoms with van der Waals surface area (Å²) in [6.07, 6.45) is 4.87. The predicted molar refractivity (Wildman–Crippen MR) is 119 cm³/mol. The monoisotopic (exact) mass is 410 g/mol. The van der Waals surface area contributed by atoms with Gasteiger partial charge in [-0.15, -0.1) is 0 Å². The zero-order valence-electron chi connectivity index (χ0n) is 17.3. The Balaban J connectivity index is 1.59. The molecule has 5 nitrogen and oxygen atoms in total. The Kier molecular flexibility index (Phi) is 5.08. The second-order valence-corrected chi connectivity index (χ2v) is 7.77. The summed E-state index contributed by atoms with van der Waals surface area (Å²) >= 11 is 0. The van der Waals surface area contributed by atoms with Crippen LogP contribution < -0.4 is 0 Å². The molecular formula is C26H22N2O3. The average molecular weight is 410 g/mol. The molecule has 0 N–H and O–H groups in total.